The zero-order valence-corrected chi connectivity index (χ0v) is 28.9. The number of carbonyl (C=O) groups is 3. The smallest absolute Gasteiger partial charge is 0.246 e. The van der Waals surface area contributed by atoms with Gasteiger partial charge in [-0.2, -0.15) is 0 Å². The number of rotatable bonds is 11. The van der Waals surface area contributed by atoms with E-state index in [2.05, 4.69) is 41.7 Å². The van der Waals surface area contributed by atoms with Gasteiger partial charge in [-0.25, -0.2) is 4.68 Å². The van der Waals surface area contributed by atoms with Gasteiger partial charge in [-0.15, -0.1) is 5.10 Å². The van der Waals surface area contributed by atoms with Crippen LogP contribution in [0, 0.1) is 10.8 Å². The van der Waals surface area contributed by atoms with Crippen molar-refractivity contribution in [1.82, 2.24) is 25.6 Å². The summed E-state index contributed by atoms with van der Waals surface area (Å²) in [6.45, 7) is 18.7. The molecule has 2 N–H and O–H groups in total. The third-order valence-electron chi connectivity index (χ3n) is 8.13. The maximum atomic E-state index is 13.9. The van der Waals surface area contributed by atoms with E-state index in [1.165, 1.54) is 0 Å². The molecule has 10 nitrogen and oxygen atoms in total. The van der Waals surface area contributed by atoms with Crippen molar-refractivity contribution in [3.05, 3.63) is 54.1 Å². The molecule has 3 aromatic rings. The van der Waals surface area contributed by atoms with Crippen molar-refractivity contribution in [2.75, 3.05) is 24.7 Å². The van der Waals surface area contributed by atoms with E-state index in [4.69, 9.17) is 4.74 Å². The second-order valence-corrected chi connectivity index (χ2v) is 15.0. The lowest BCUT2D eigenvalue weighted by Crippen LogP contribution is -2.45. The first-order chi connectivity index (χ1) is 21.5. The summed E-state index contributed by atoms with van der Waals surface area (Å²) in [7, 11) is 0. The first kappa shape index (κ1) is 34.8. The minimum atomic E-state index is -0.764. The van der Waals surface area contributed by atoms with Crippen molar-refractivity contribution in [2.24, 2.45) is 10.8 Å². The highest BCUT2D eigenvalue weighted by atomic mass is 16.5. The Morgan fingerprint density at radius 3 is 2.26 bits per heavy atom. The van der Waals surface area contributed by atoms with Crippen molar-refractivity contribution in [2.45, 2.75) is 93.3 Å². The van der Waals surface area contributed by atoms with Crippen molar-refractivity contribution < 1.29 is 19.1 Å². The molecule has 0 spiro atoms. The van der Waals surface area contributed by atoms with Crippen LogP contribution in [0.2, 0.25) is 0 Å². The number of hydrogen-bond acceptors (Lipinski definition) is 6. The highest BCUT2D eigenvalue weighted by Crippen LogP contribution is 2.42. The minimum absolute atomic E-state index is 0.00365. The Morgan fingerprint density at radius 1 is 0.935 bits per heavy atom. The van der Waals surface area contributed by atoms with Crippen LogP contribution < -0.4 is 15.5 Å². The minimum Gasteiger partial charge on any atom is -0.381 e. The van der Waals surface area contributed by atoms with E-state index in [1.54, 1.807) is 4.90 Å². The monoisotopic (exact) mass is 630 g/mol. The molecule has 0 unspecified atom stereocenters. The average molecular weight is 631 g/mol. The molecule has 0 fully saturated rings. The predicted molar refractivity (Wildman–Crippen MR) is 181 cm³/mol. The maximum absolute atomic E-state index is 13.9. The molecule has 0 saturated carbocycles. The number of fused-ring (bicyclic) bond motifs is 5. The number of para-hydroxylation sites is 1. The summed E-state index contributed by atoms with van der Waals surface area (Å²) >= 11 is 0. The van der Waals surface area contributed by atoms with Crippen LogP contribution in [0.25, 0.3) is 22.5 Å². The fourth-order valence-electron chi connectivity index (χ4n) is 5.59. The zero-order chi connectivity index (χ0) is 33.9. The fourth-order valence-corrected chi connectivity index (χ4v) is 5.59. The Labute approximate surface area is 273 Å². The largest absolute Gasteiger partial charge is 0.381 e. The molecule has 1 aromatic heterocycles. The van der Waals surface area contributed by atoms with Crippen LogP contribution >= 0.6 is 0 Å². The molecular formula is C36H50N6O4. The van der Waals surface area contributed by atoms with Gasteiger partial charge < -0.3 is 20.3 Å². The van der Waals surface area contributed by atoms with Gasteiger partial charge >= 0.3 is 0 Å². The Bertz CT molecular complexity index is 1570. The summed E-state index contributed by atoms with van der Waals surface area (Å²) in [5.74, 6) is -0.448. The number of anilines is 1. The third-order valence-corrected chi connectivity index (χ3v) is 8.13. The third kappa shape index (κ3) is 8.20. The Morgan fingerprint density at radius 2 is 1.59 bits per heavy atom. The Balaban J connectivity index is 1.46. The number of ether oxygens (including phenoxy) is 1. The summed E-state index contributed by atoms with van der Waals surface area (Å²) in [6.07, 6.45) is 0.825. The summed E-state index contributed by atoms with van der Waals surface area (Å²) in [4.78, 5) is 41.2. The normalized spacial score (nSPS) is 13.3. The van der Waals surface area contributed by atoms with Gasteiger partial charge in [0.25, 0.3) is 0 Å². The SMILES string of the molecule is CC(C)NC(=O)CC(C)(C)COCCC(C)(C)C(=O)NCC(=O)N1Cc2ccccc2-c2nnn(C(C)(C)C)c2-c2ccccc21. The number of hydrogen-bond donors (Lipinski definition) is 2. The van der Waals surface area contributed by atoms with Crippen LogP contribution in [-0.4, -0.2) is 58.5 Å². The zero-order valence-electron chi connectivity index (χ0n) is 28.9. The van der Waals surface area contributed by atoms with Crippen molar-refractivity contribution in [1.29, 1.82) is 0 Å². The van der Waals surface area contributed by atoms with Gasteiger partial charge in [0, 0.05) is 35.6 Å². The van der Waals surface area contributed by atoms with Gasteiger partial charge in [-0.05, 0) is 58.1 Å². The molecule has 2 aromatic carbocycles. The van der Waals surface area contributed by atoms with Gasteiger partial charge in [0.05, 0.1) is 36.6 Å². The second kappa shape index (κ2) is 13.7. The molecule has 0 bridgehead atoms. The van der Waals surface area contributed by atoms with E-state index >= 15 is 0 Å². The van der Waals surface area contributed by atoms with Crippen LogP contribution in [0.1, 0.15) is 80.7 Å². The highest BCUT2D eigenvalue weighted by Gasteiger charge is 2.33. The average Bonchev–Trinajstić information content (AvgIpc) is 3.40. The molecule has 1 aliphatic heterocycles. The molecular weight excluding hydrogens is 580 g/mol. The molecule has 1 aliphatic rings. The maximum Gasteiger partial charge on any atom is 0.246 e. The van der Waals surface area contributed by atoms with Crippen LogP contribution in [0.4, 0.5) is 5.69 Å². The highest BCUT2D eigenvalue weighted by molar-refractivity contribution is 6.02. The van der Waals surface area contributed by atoms with E-state index in [-0.39, 0.29) is 41.3 Å². The van der Waals surface area contributed by atoms with Crippen molar-refractivity contribution >= 4 is 23.4 Å². The number of nitrogens with one attached hydrogen (secondary N) is 2. The Hall–Kier alpha value is -4.05. The molecule has 248 valence electrons. The number of carbonyl (C=O) groups excluding carboxylic acids is 3. The summed E-state index contributed by atoms with van der Waals surface area (Å²) in [5.41, 5.74) is 3.65. The standard InChI is InChI=1S/C36H50N6O4/c1-24(2)38-29(43)20-35(6,7)23-46-19-18-36(8,9)33(45)37-21-30(44)41-22-25-14-10-11-15-26(25)31-32(27-16-12-13-17-28(27)41)42(40-39-31)34(3,4)5/h10-17,24H,18-23H2,1-9H3,(H,37,45)(H,38,43). The van der Waals surface area contributed by atoms with Crippen LogP contribution in [0.15, 0.2) is 48.5 Å². The lowest BCUT2D eigenvalue weighted by molar-refractivity contribution is -0.132. The first-order valence-electron chi connectivity index (χ1n) is 16.1. The van der Waals surface area contributed by atoms with E-state index in [0.717, 1.165) is 33.8 Å². The molecule has 0 atom stereocenters. The lowest BCUT2D eigenvalue weighted by atomic mass is 9.88. The molecule has 10 heteroatoms. The molecule has 0 aliphatic carbocycles. The number of nitrogens with zero attached hydrogens (tertiary/aromatic N) is 4. The fraction of sp³-hybridized carbons (Fsp3) is 0.528. The molecule has 0 radical (unpaired) electrons. The van der Waals surface area contributed by atoms with Crippen molar-refractivity contribution in [3.63, 3.8) is 0 Å². The summed E-state index contributed by atoms with van der Waals surface area (Å²) in [6, 6.07) is 15.8. The summed E-state index contributed by atoms with van der Waals surface area (Å²) in [5, 5.41) is 15.0. The predicted octanol–water partition coefficient (Wildman–Crippen LogP) is 5.70. The molecule has 2 heterocycles. The van der Waals surface area contributed by atoms with Gasteiger partial charge in [0.15, 0.2) is 0 Å². The van der Waals surface area contributed by atoms with Gasteiger partial charge in [-0.3, -0.25) is 14.4 Å². The molecule has 46 heavy (non-hydrogen) atoms. The summed E-state index contributed by atoms with van der Waals surface area (Å²) < 4.78 is 7.83. The number of benzene rings is 2. The number of amides is 3. The second-order valence-electron chi connectivity index (χ2n) is 15.0. The molecule has 4 rings (SSSR count). The molecule has 3 amide bonds. The van der Waals surface area contributed by atoms with Gasteiger partial charge in [0.1, 0.15) is 5.69 Å². The van der Waals surface area contributed by atoms with Crippen LogP contribution in [-0.2, 0) is 31.2 Å². The van der Waals surface area contributed by atoms with Crippen LogP contribution in [0.5, 0.6) is 0 Å². The van der Waals surface area contributed by atoms with E-state index < -0.39 is 5.41 Å². The van der Waals surface area contributed by atoms with Crippen LogP contribution in [0.3, 0.4) is 0 Å². The van der Waals surface area contributed by atoms with E-state index in [1.807, 2.05) is 94.8 Å². The van der Waals surface area contributed by atoms with Gasteiger partial charge in [-0.1, -0.05) is 75.4 Å². The first-order valence-corrected chi connectivity index (χ1v) is 16.1. The lowest BCUT2D eigenvalue weighted by Gasteiger charge is -2.31. The Kier molecular flexibility index (Phi) is 10.4. The topological polar surface area (TPSA) is 118 Å². The van der Waals surface area contributed by atoms with Gasteiger partial charge in [0.2, 0.25) is 17.7 Å². The quantitative estimate of drug-likeness (QED) is 0.262. The molecule has 0 saturated heterocycles. The number of aromatic nitrogens is 3. The van der Waals surface area contributed by atoms with Crippen molar-refractivity contribution in [3.8, 4) is 22.5 Å². The van der Waals surface area contributed by atoms with E-state index in [9.17, 15) is 14.4 Å². The van der Waals surface area contributed by atoms with E-state index in [0.29, 0.717) is 32.6 Å².